The number of ether oxygens (including phenoxy) is 2. The topological polar surface area (TPSA) is 52.6 Å². The Morgan fingerprint density at radius 1 is 1.16 bits per heavy atom. The molecule has 1 aromatic heterocycles. The summed E-state index contributed by atoms with van der Waals surface area (Å²) in [6.45, 7) is 0. The molecule has 1 heterocycles. The van der Waals surface area contributed by atoms with Gasteiger partial charge in [-0.3, -0.25) is 4.79 Å². The van der Waals surface area contributed by atoms with E-state index < -0.39 is 11.8 Å². The van der Waals surface area contributed by atoms with Crippen molar-refractivity contribution in [2.45, 2.75) is 6.42 Å². The molecule has 0 N–H and O–H groups in total. The highest BCUT2D eigenvalue weighted by atomic mass is 35.5. The summed E-state index contributed by atoms with van der Waals surface area (Å²) in [4.78, 5) is 23.8. The van der Waals surface area contributed by atoms with Crippen molar-refractivity contribution in [3.05, 3.63) is 63.7 Å². The largest absolute Gasteiger partial charge is 0.469 e. The predicted molar refractivity (Wildman–Crippen MR) is 93.9 cm³/mol. The maximum atomic E-state index is 13.3. The van der Waals surface area contributed by atoms with Gasteiger partial charge < -0.3 is 9.47 Å². The Bertz CT molecular complexity index is 950. The van der Waals surface area contributed by atoms with Crippen LogP contribution in [0, 0.1) is 5.82 Å². The fourth-order valence-electron chi connectivity index (χ4n) is 2.24. The molecule has 0 saturated heterocycles. The Morgan fingerprint density at radius 2 is 1.88 bits per heavy atom. The molecular formula is C18H12ClFO4S. The summed E-state index contributed by atoms with van der Waals surface area (Å²) < 4.78 is 23.8. The minimum atomic E-state index is -0.618. The van der Waals surface area contributed by atoms with E-state index in [2.05, 4.69) is 4.74 Å². The number of hydrogen-bond acceptors (Lipinski definition) is 5. The summed E-state index contributed by atoms with van der Waals surface area (Å²) in [5, 5.41) is 0.848. The van der Waals surface area contributed by atoms with Gasteiger partial charge in [-0.2, -0.15) is 0 Å². The maximum absolute atomic E-state index is 13.3. The fraction of sp³-hybridized carbons (Fsp3) is 0.111. The number of methoxy groups -OCH3 is 1. The number of thiophene rings is 1. The van der Waals surface area contributed by atoms with Crippen LogP contribution >= 0.6 is 22.9 Å². The molecule has 25 heavy (non-hydrogen) atoms. The van der Waals surface area contributed by atoms with E-state index in [9.17, 15) is 14.0 Å². The van der Waals surface area contributed by atoms with Crippen molar-refractivity contribution in [2.24, 2.45) is 0 Å². The number of carbonyl (C=O) groups is 2. The van der Waals surface area contributed by atoms with E-state index in [4.69, 9.17) is 16.3 Å². The highest BCUT2D eigenvalue weighted by molar-refractivity contribution is 7.21. The van der Waals surface area contributed by atoms with Gasteiger partial charge in [0, 0.05) is 10.1 Å². The summed E-state index contributed by atoms with van der Waals surface area (Å²) in [6, 6.07) is 10.6. The van der Waals surface area contributed by atoms with Gasteiger partial charge in [-0.1, -0.05) is 23.7 Å². The number of esters is 2. The molecule has 128 valence electrons. The summed E-state index contributed by atoms with van der Waals surface area (Å²) in [5.74, 6) is -1.05. The Kier molecular flexibility index (Phi) is 5.01. The maximum Gasteiger partial charge on any atom is 0.355 e. The van der Waals surface area contributed by atoms with E-state index in [1.165, 1.54) is 25.3 Å². The normalized spacial score (nSPS) is 10.7. The van der Waals surface area contributed by atoms with E-state index in [0.717, 1.165) is 16.9 Å². The summed E-state index contributed by atoms with van der Waals surface area (Å²) >= 11 is 7.28. The SMILES string of the molecule is COC(=O)Cc1ccc(OC(=O)c2sc3cc(F)ccc3c2Cl)cc1. The first-order valence-corrected chi connectivity index (χ1v) is 8.43. The summed E-state index contributed by atoms with van der Waals surface area (Å²) in [6.07, 6.45) is 0.137. The van der Waals surface area contributed by atoms with Crippen LogP contribution in [0.15, 0.2) is 42.5 Å². The van der Waals surface area contributed by atoms with E-state index in [-0.39, 0.29) is 22.3 Å². The molecule has 0 unspecified atom stereocenters. The predicted octanol–water partition coefficient (Wildman–Crippen LogP) is 4.63. The lowest BCUT2D eigenvalue weighted by molar-refractivity contribution is -0.139. The molecule has 0 fully saturated rings. The van der Waals surface area contributed by atoms with Crippen LogP contribution in [0.4, 0.5) is 4.39 Å². The minimum absolute atomic E-state index is 0.137. The van der Waals surface area contributed by atoms with Gasteiger partial charge in [-0.25, -0.2) is 9.18 Å². The fourth-order valence-corrected chi connectivity index (χ4v) is 3.65. The van der Waals surface area contributed by atoms with E-state index in [1.54, 1.807) is 24.3 Å². The zero-order chi connectivity index (χ0) is 18.0. The van der Waals surface area contributed by atoms with Gasteiger partial charge in [-0.15, -0.1) is 11.3 Å². The van der Waals surface area contributed by atoms with Gasteiger partial charge in [0.25, 0.3) is 0 Å². The molecule has 0 spiro atoms. The molecule has 0 atom stereocenters. The van der Waals surface area contributed by atoms with Gasteiger partial charge in [0.05, 0.1) is 18.6 Å². The molecule has 0 saturated carbocycles. The van der Waals surface area contributed by atoms with Crippen LogP contribution in [0.1, 0.15) is 15.2 Å². The number of fused-ring (bicyclic) bond motifs is 1. The van der Waals surface area contributed by atoms with Crippen molar-refractivity contribution in [1.82, 2.24) is 0 Å². The van der Waals surface area contributed by atoms with Crippen LogP contribution in [0.25, 0.3) is 10.1 Å². The smallest absolute Gasteiger partial charge is 0.355 e. The van der Waals surface area contributed by atoms with Crippen molar-refractivity contribution in [3.8, 4) is 5.75 Å². The Hall–Kier alpha value is -2.44. The summed E-state index contributed by atoms with van der Waals surface area (Å²) in [5.41, 5.74) is 0.738. The zero-order valence-corrected chi connectivity index (χ0v) is 14.6. The van der Waals surface area contributed by atoms with Crippen molar-refractivity contribution < 1.29 is 23.5 Å². The molecule has 4 nitrogen and oxygen atoms in total. The van der Waals surface area contributed by atoms with Crippen LogP contribution in [0.3, 0.4) is 0 Å². The highest BCUT2D eigenvalue weighted by Gasteiger charge is 2.19. The second-order valence-corrected chi connectivity index (χ2v) is 6.60. The molecule has 0 aliphatic heterocycles. The number of carbonyl (C=O) groups excluding carboxylic acids is 2. The lowest BCUT2D eigenvalue weighted by Gasteiger charge is -2.05. The van der Waals surface area contributed by atoms with Gasteiger partial charge in [0.15, 0.2) is 0 Å². The monoisotopic (exact) mass is 378 g/mol. The zero-order valence-electron chi connectivity index (χ0n) is 13.0. The first kappa shape index (κ1) is 17.4. The average molecular weight is 379 g/mol. The van der Waals surface area contributed by atoms with Gasteiger partial charge in [0.1, 0.15) is 16.4 Å². The quantitative estimate of drug-likeness (QED) is 0.490. The van der Waals surface area contributed by atoms with Crippen molar-refractivity contribution in [1.29, 1.82) is 0 Å². The van der Waals surface area contributed by atoms with Crippen LogP contribution in [0.2, 0.25) is 5.02 Å². The minimum Gasteiger partial charge on any atom is -0.469 e. The van der Waals surface area contributed by atoms with Crippen molar-refractivity contribution >= 4 is 45.0 Å². The first-order valence-electron chi connectivity index (χ1n) is 7.23. The second kappa shape index (κ2) is 7.21. The second-order valence-electron chi connectivity index (χ2n) is 5.17. The number of benzene rings is 2. The molecule has 0 bridgehead atoms. The average Bonchev–Trinajstić information content (AvgIpc) is 2.92. The Morgan fingerprint density at radius 3 is 2.56 bits per heavy atom. The molecule has 0 radical (unpaired) electrons. The van der Waals surface area contributed by atoms with Crippen LogP contribution in [-0.2, 0) is 16.0 Å². The van der Waals surface area contributed by atoms with Gasteiger partial charge in [0.2, 0.25) is 0 Å². The van der Waals surface area contributed by atoms with E-state index in [0.29, 0.717) is 15.8 Å². The lowest BCUT2D eigenvalue weighted by Crippen LogP contribution is -2.07. The van der Waals surface area contributed by atoms with Gasteiger partial charge >= 0.3 is 11.9 Å². The van der Waals surface area contributed by atoms with Crippen LogP contribution in [0.5, 0.6) is 5.75 Å². The third-order valence-corrected chi connectivity index (χ3v) is 5.12. The number of rotatable bonds is 4. The third kappa shape index (κ3) is 3.81. The van der Waals surface area contributed by atoms with Crippen molar-refractivity contribution in [3.63, 3.8) is 0 Å². The van der Waals surface area contributed by atoms with E-state index in [1.807, 2.05) is 0 Å². The number of hydrogen-bond donors (Lipinski definition) is 0. The molecule has 2 aromatic carbocycles. The lowest BCUT2D eigenvalue weighted by atomic mass is 10.1. The molecule has 0 amide bonds. The molecule has 0 aliphatic carbocycles. The molecule has 3 aromatic rings. The standard InChI is InChI=1S/C18H12ClFO4S/c1-23-15(21)8-10-2-5-12(6-3-10)24-18(22)17-16(19)13-7-4-11(20)9-14(13)25-17/h2-7,9H,8H2,1H3. The highest BCUT2D eigenvalue weighted by Crippen LogP contribution is 2.36. The molecule has 0 aliphatic rings. The van der Waals surface area contributed by atoms with Gasteiger partial charge in [-0.05, 0) is 35.9 Å². The first-order chi connectivity index (χ1) is 12.0. The third-order valence-electron chi connectivity index (χ3n) is 3.49. The number of halogens is 2. The Labute approximate surface area is 151 Å². The summed E-state index contributed by atoms with van der Waals surface area (Å²) in [7, 11) is 1.32. The Balaban J connectivity index is 1.78. The molecule has 3 rings (SSSR count). The van der Waals surface area contributed by atoms with E-state index >= 15 is 0 Å². The molecule has 7 heteroatoms. The van der Waals surface area contributed by atoms with Crippen LogP contribution < -0.4 is 4.74 Å². The van der Waals surface area contributed by atoms with Crippen LogP contribution in [-0.4, -0.2) is 19.0 Å². The molecular weight excluding hydrogens is 367 g/mol. The van der Waals surface area contributed by atoms with Crippen molar-refractivity contribution in [2.75, 3.05) is 7.11 Å².